The summed E-state index contributed by atoms with van der Waals surface area (Å²) in [4.78, 5) is 0. The van der Waals surface area contributed by atoms with E-state index in [9.17, 15) is 13.2 Å². The molecule has 0 fully saturated rings. The van der Waals surface area contributed by atoms with E-state index in [-0.39, 0.29) is 5.76 Å². The predicted octanol–water partition coefficient (Wildman–Crippen LogP) is 2.71. The number of halogens is 3. The predicted molar refractivity (Wildman–Crippen MR) is 40.9 cm³/mol. The fourth-order valence-electron chi connectivity index (χ4n) is 0.897. The molecule has 0 amide bonds. The largest absolute Gasteiger partial charge is 0.467 e. The van der Waals surface area contributed by atoms with Gasteiger partial charge in [0.05, 0.1) is 11.6 Å². The van der Waals surface area contributed by atoms with Crippen LogP contribution in [0.3, 0.4) is 0 Å². The van der Waals surface area contributed by atoms with E-state index in [0.29, 0.717) is 12.7 Å². The van der Waals surface area contributed by atoms with Gasteiger partial charge in [0.2, 0.25) is 0 Å². The molecule has 0 saturated carbocycles. The van der Waals surface area contributed by atoms with Gasteiger partial charge >= 0.3 is 6.18 Å². The second-order valence-corrected chi connectivity index (χ2v) is 2.75. The second kappa shape index (κ2) is 3.41. The molecule has 0 aliphatic carbocycles. The van der Waals surface area contributed by atoms with E-state index in [2.05, 4.69) is 0 Å². The molecule has 1 aromatic rings. The maximum Gasteiger partial charge on any atom is 0.419 e. The Labute approximate surface area is 73.5 Å². The fourth-order valence-corrected chi connectivity index (χ4v) is 0.897. The van der Waals surface area contributed by atoms with Crippen LogP contribution >= 0.6 is 0 Å². The first-order valence-electron chi connectivity index (χ1n) is 3.86. The van der Waals surface area contributed by atoms with Crippen LogP contribution in [-0.4, -0.2) is 0 Å². The summed E-state index contributed by atoms with van der Waals surface area (Å²) in [6.07, 6.45) is -3.12. The zero-order valence-electron chi connectivity index (χ0n) is 7.06. The van der Waals surface area contributed by atoms with Gasteiger partial charge < -0.3 is 10.2 Å². The van der Waals surface area contributed by atoms with Crippen LogP contribution in [-0.2, 0) is 6.18 Å². The molecule has 2 N–H and O–H groups in total. The Hall–Kier alpha value is -0.970. The van der Waals surface area contributed by atoms with Crippen LogP contribution in [0.5, 0.6) is 0 Å². The van der Waals surface area contributed by atoms with E-state index < -0.39 is 17.8 Å². The minimum atomic E-state index is -4.35. The van der Waals surface area contributed by atoms with Gasteiger partial charge in [-0.15, -0.1) is 0 Å². The Bertz CT molecular complexity index is 279. The summed E-state index contributed by atoms with van der Waals surface area (Å²) >= 11 is 0. The van der Waals surface area contributed by atoms with Gasteiger partial charge in [-0.25, -0.2) is 0 Å². The number of hydrogen-bond donors (Lipinski definition) is 1. The molecule has 1 rings (SSSR count). The lowest BCUT2D eigenvalue weighted by atomic mass is 10.2. The quantitative estimate of drug-likeness (QED) is 0.784. The molecule has 1 unspecified atom stereocenters. The van der Waals surface area contributed by atoms with Crippen molar-refractivity contribution < 1.29 is 17.6 Å². The molecule has 0 bridgehead atoms. The summed E-state index contributed by atoms with van der Waals surface area (Å²) in [6, 6.07) is 0.477. The third-order valence-corrected chi connectivity index (χ3v) is 1.75. The highest BCUT2D eigenvalue weighted by atomic mass is 19.4. The van der Waals surface area contributed by atoms with E-state index in [4.69, 9.17) is 10.2 Å². The number of furan rings is 1. The Morgan fingerprint density at radius 1 is 1.54 bits per heavy atom. The minimum Gasteiger partial charge on any atom is -0.467 e. The molecule has 1 heterocycles. The first-order valence-corrected chi connectivity index (χ1v) is 3.86. The van der Waals surface area contributed by atoms with Crippen molar-refractivity contribution >= 4 is 0 Å². The lowest BCUT2D eigenvalue weighted by Crippen LogP contribution is -2.07. The first kappa shape index (κ1) is 10.1. The van der Waals surface area contributed by atoms with Gasteiger partial charge in [-0.1, -0.05) is 6.92 Å². The number of alkyl halides is 3. The highest BCUT2D eigenvalue weighted by Gasteiger charge is 2.33. The zero-order chi connectivity index (χ0) is 10.1. The summed E-state index contributed by atoms with van der Waals surface area (Å²) in [7, 11) is 0. The third-order valence-electron chi connectivity index (χ3n) is 1.75. The smallest absolute Gasteiger partial charge is 0.419 e. The molecule has 2 nitrogen and oxygen atoms in total. The van der Waals surface area contributed by atoms with Crippen LogP contribution < -0.4 is 5.73 Å². The Morgan fingerprint density at radius 2 is 2.15 bits per heavy atom. The van der Waals surface area contributed by atoms with Crippen molar-refractivity contribution in [3.63, 3.8) is 0 Å². The van der Waals surface area contributed by atoms with E-state index in [1.807, 2.05) is 0 Å². The van der Waals surface area contributed by atoms with Crippen molar-refractivity contribution in [3.8, 4) is 0 Å². The minimum absolute atomic E-state index is 0.176. The molecule has 0 aromatic carbocycles. The maximum atomic E-state index is 12.1. The average Bonchev–Trinajstić information content (AvgIpc) is 2.50. The lowest BCUT2D eigenvalue weighted by molar-refractivity contribution is -0.137. The molecule has 0 aliphatic rings. The average molecular weight is 193 g/mol. The van der Waals surface area contributed by atoms with Gasteiger partial charge in [-0.3, -0.25) is 0 Å². The van der Waals surface area contributed by atoms with Gasteiger partial charge in [-0.05, 0) is 12.5 Å². The summed E-state index contributed by atoms with van der Waals surface area (Å²) in [5, 5.41) is 0. The van der Waals surface area contributed by atoms with Crippen molar-refractivity contribution in [2.75, 3.05) is 0 Å². The fraction of sp³-hybridized carbons (Fsp3) is 0.500. The van der Waals surface area contributed by atoms with Crippen molar-refractivity contribution in [1.29, 1.82) is 0 Å². The van der Waals surface area contributed by atoms with E-state index >= 15 is 0 Å². The van der Waals surface area contributed by atoms with Gasteiger partial charge in [0, 0.05) is 0 Å². The SMILES string of the molecule is CCC(N)c1cc(C(F)(F)F)co1. The Kier molecular flexibility index (Phi) is 2.66. The molecule has 0 aliphatic heterocycles. The third kappa shape index (κ3) is 2.24. The monoisotopic (exact) mass is 193 g/mol. The van der Waals surface area contributed by atoms with Crippen molar-refractivity contribution in [2.24, 2.45) is 5.73 Å². The lowest BCUT2D eigenvalue weighted by Gasteiger charge is -2.03. The van der Waals surface area contributed by atoms with Crippen LogP contribution in [0.2, 0.25) is 0 Å². The zero-order valence-corrected chi connectivity index (χ0v) is 7.06. The molecule has 74 valence electrons. The molecule has 1 atom stereocenters. The summed E-state index contributed by atoms with van der Waals surface area (Å²) in [5.41, 5.74) is 4.70. The molecule has 0 saturated heterocycles. The van der Waals surface area contributed by atoms with Crippen LogP contribution in [0.15, 0.2) is 16.7 Å². The molecule has 13 heavy (non-hydrogen) atoms. The van der Waals surface area contributed by atoms with Crippen molar-refractivity contribution in [1.82, 2.24) is 0 Å². The highest BCUT2D eigenvalue weighted by Crippen LogP contribution is 2.32. The Morgan fingerprint density at radius 3 is 2.54 bits per heavy atom. The van der Waals surface area contributed by atoms with E-state index in [0.717, 1.165) is 6.07 Å². The molecule has 5 heteroatoms. The topological polar surface area (TPSA) is 39.2 Å². The molecular weight excluding hydrogens is 183 g/mol. The number of nitrogens with two attached hydrogens (primary N) is 1. The molecule has 0 radical (unpaired) electrons. The molecule has 0 spiro atoms. The van der Waals surface area contributed by atoms with Gasteiger partial charge in [-0.2, -0.15) is 13.2 Å². The van der Waals surface area contributed by atoms with Crippen LogP contribution in [0.25, 0.3) is 0 Å². The Balaban J connectivity index is 2.87. The van der Waals surface area contributed by atoms with Gasteiger partial charge in [0.15, 0.2) is 0 Å². The molecular formula is C8H10F3NO. The normalized spacial score (nSPS) is 14.5. The van der Waals surface area contributed by atoms with Crippen LogP contribution in [0.4, 0.5) is 13.2 Å². The highest BCUT2D eigenvalue weighted by molar-refractivity contribution is 5.18. The van der Waals surface area contributed by atoms with Crippen molar-refractivity contribution in [3.05, 3.63) is 23.7 Å². The van der Waals surface area contributed by atoms with Crippen LogP contribution in [0.1, 0.15) is 30.7 Å². The van der Waals surface area contributed by atoms with Gasteiger partial charge in [0.1, 0.15) is 12.0 Å². The first-order chi connectivity index (χ1) is 5.95. The van der Waals surface area contributed by atoms with Gasteiger partial charge in [0.25, 0.3) is 0 Å². The summed E-state index contributed by atoms with van der Waals surface area (Å²) in [5.74, 6) is 0.176. The maximum absolute atomic E-state index is 12.1. The standard InChI is InChI=1S/C8H10F3NO/c1-2-6(12)7-3-5(4-13-7)8(9,10)11/h3-4,6H,2,12H2,1H3. The van der Waals surface area contributed by atoms with E-state index in [1.165, 1.54) is 0 Å². The second-order valence-electron chi connectivity index (χ2n) is 2.75. The van der Waals surface area contributed by atoms with Crippen molar-refractivity contribution in [2.45, 2.75) is 25.6 Å². The van der Waals surface area contributed by atoms with Crippen LogP contribution in [0, 0.1) is 0 Å². The summed E-state index contributed by atoms with van der Waals surface area (Å²) < 4.78 is 40.9. The molecule has 1 aromatic heterocycles. The number of hydrogen-bond acceptors (Lipinski definition) is 2. The van der Waals surface area contributed by atoms with E-state index in [1.54, 1.807) is 6.92 Å². The summed E-state index contributed by atoms with van der Waals surface area (Å²) in [6.45, 7) is 1.78. The number of rotatable bonds is 2.